The summed E-state index contributed by atoms with van der Waals surface area (Å²) in [6.07, 6.45) is 0. The molecule has 8 nitrogen and oxygen atoms in total. The molecule has 1 aromatic carbocycles. The summed E-state index contributed by atoms with van der Waals surface area (Å²) in [5.41, 5.74) is 3.47. The van der Waals surface area contributed by atoms with E-state index in [1.165, 1.54) is 0 Å². The minimum atomic E-state index is -1.11. The summed E-state index contributed by atoms with van der Waals surface area (Å²) in [6.45, 7) is -0.0771. The molecule has 0 aromatic heterocycles. The Morgan fingerprint density at radius 3 is 2.55 bits per heavy atom. The van der Waals surface area contributed by atoms with Crippen molar-refractivity contribution in [1.29, 1.82) is 10.5 Å². The molecular weight excluding hydrogens is 260 g/mol. The highest BCUT2D eigenvalue weighted by Gasteiger charge is 2.13. The van der Waals surface area contributed by atoms with Crippen LogP contribution in [0.25, 0.3) is 0 Å². The standard InChI is InChI=1S/C12H8N6O2/c13-5-10(6-14)16-15-9-3-1-8(2-4-9)12-18-17-11(19)7-20-12/h1-4,10H,7H2,(H,17,19). The van der Waals surface area contributed by atoms with Gasteiger partial charge in [-0.2, -0.15) is 20.8 Å². The van der Waals surface area contributed by atoms with Gasteiger partial charge in [0.25, 0.3) is 5.91 Å². The number of nitrogens with zero attached hydrogens (tertiary/aromatic N) is 5. The number of hydrazone groups is 1. The number of hydrogen-bond acceptors (Lipinski definition) is 7. The third-order valence-corrected chi connectivity index (χ3v) is 2.27. The molecule has 8 heteroatoms. The van der Waals surface area contributed by atoms with Gasteiger partial charge in [-0.15, -0.1) is 5.10 Å². The number of hydrogen-bond donors (Lipinski definition) is 1. The average Bonchev–Trinajstić information content (AvgIpc) is 2.50. The van der Waals surface area contributed by atoms with E-state index >= 15 is 0 Å². The van der Waals surface area contributed by atoms with E-state index in [-0.39, 0.29) is 12.5 Å². The zero-order valence-corrected chi connectivity index (χ0v) is 10.1. The summed E-state index contributed by atoms with van der Waals surface area (Å²) in [5.74, 6) is -0.00164. The first-order valence-electron chi connectivity index (χ1n) is 5.53. The Balaban J connectivity index is 2.10. The predicted molar refractivity (Wildman–Crippen MR) is 66.6 cm³/mol. The van der Waals surface area contributed by atoms with Crippen LogP contribution >= 0.6 is 0 Å². The Kier molecular flexibility index (Phi) is 4.00. The molecular formula is C12H8N6O2. The molecule has 1 aromatic rings. The Morgan fingerprint density at radius 2 is 2.00 bits per heavy atom. The summed E-state index contributed by atoms with van der Waals surface area (Å²) in [6, 6.07) is 8.88. The molecule has 20 heavy (non-hydrogen) atoms. The Morgan fingerprint density at radius 1 is 1.30 bits per heavy atom. The smallest absolute Gasteiger partial charge is 0.278 e. The van der Waals surface area contributed by atoms with Gasteiger partial charge in [-0.05, 0) is 24.3 Å². The van der Waals surface area contributed by atoms with Crippen LogP contribution < -0.4 is 5.43 Å². The minimum absolute atomic E-state index is 0.0771. The van der Waals surface area contributed by atoms with Crippen molar-refractivity contribution in [3.05, 3.63) is 29.8 Å². The van der Waals surface area contributed by atoms with Crippen LogP contribution in [0, 0.1) is 22.7 Å². The molecule has 1 amide bonds. The molecule has 0 unspecified atom stereocenters. The van der Waals surface area contributed by atoms with Crippen LogP contribution in [0.5, 0.6) is 0 Å². The zero-order valence-electron chi connectivity index (χ0n) is 10.1. The van der Waals surface area contributed by atoms with Crippen LogP contribution in [-0.2, 0) is 9.53 Å². The molecule has 2 rings (SSSR count). The van der Waals surface area contributed by atoms with Gasteiger partial charge in [-0.1, -0.05) is 0 Å². The summed E-state index contributed by atoms with van der Waals surface area (Å²) in [4.78, 5) is 10.9. The number of carbonyl (C=O) groups excluding carboxylic acids is 1. The maximum absolute atomic E-state index is 10.9. The Bertz CT molecular complexity index is 636. The van der Waals surface area contributed by atoms with Crippen molar-refractivity contribution in [3.63, 3.8) is 0 Å². The quantitative estimate of drug-likeness (QED) is 0.821. The lowest BCUT2D eigenvalue weighted by atomic mass is 10.2. The highest BCUT2D eigenvalue weighted by atomic mass is 16.5. The van der Waals surface area contributed by atoms with Crippen LogP contribution in [0.1, 0.15) is 5.56 Å². The monoisotopic (exact) mass is 268 g/mol. The van der Waals surface area contributed by atoms with E-state index in [1.54, 1.807) is 36.4 Å². The van der Waals surface area contributed by atoms with Gasteiger partial charge in [0.1, 0.15) is 12.1 Å². The van der Waals surface area contributed by atoms with Crippen molar-refractivity contribution in [3.8, 4) is 12.1 Å². The van der Waals surface area contributed by atoms with Crippen molar-refractivity contribution < 1.29 is 9.53 Å². The number of rotatable bonds is 3. The first-order chi connectivity index (χ1) is 9.72. The van der Waals surface area contributed by atoms with Gasteiger partial charge < -0.3 is 4.74 Å². The van der Waals surface area contributed by atoms with E-state index in [4.69, 9.17) is 15.3 Å². The molecule has 1 N–H and O–H groups in total. The van der Waals surface area contributed by atoms with Crippen molar-refractivity contribution in [2.75, 3.05) is 6.61 Å². The first-order valence-corrected chi connectivity index (χ1v) is 5.53. The number of azo groups is 1. The van der Waals surface area contributed by atoms with E-state index in [9.17, 15) is 4.79 Å². The molecule has 0 saturated heterocycles. The fourth-order valence-electron chi connectivity index (χ4n) is 1.34. The van der Waals surface area contributed by atoms with Gasteiger partial charge in [0.15, 0.2) is 6.61 Å². The number of ether oxygens (including phenoxy) is 1. The average molecular weight is 268 g/mol. The second-order valence-corrected chi connectivity index (χ2v) is 3.66. The molecule has 0 atom stereocenters. The second kappa shape index (κ2) is 6.07. The number of amides is 1. The summed E-state index contributed by atoms with van der Waals surface area (Å²) in [7, 11) is 0. The van der Waals surface area contributed by atoms with Gasteiger partial charge in [-0.3, -0.25) is 4.79 Å². The van der Waals surface area contributed by atoms with Crippen molar-refractivity contribution in [2.45, 2.75) is 6.04 Å². The van der Waals surface area contributed by atoms with Crippen LogP contribution in [-0.4, -0.2) is 24.5 Å². The molecule has 0 fully saturated rings. The van der Waals surface area contributed by atoms with Gasteiger partial charge in [-0.25, -0.2) is 5.43 Å². The molecule has 0 spiro atoms. The first kappa shape index (κ1) is 13.2. The van der Waals surface area contributed by atoms with Gasteiger partial charge >= 0.3 is 0 Å². The van der Waals surface area contributed by atoms with E-state index in [1.807, 2.05) is 0 Å². The fraction of sp³-hybridized carbons (Fsp3) is 0.167. The number of carbonyl (C=O) groups is 1. The molecule has 0 saturated carbocycles. The van der Waals surface area contributed by atoms with Crippen molar-refractivity contribution >= 4 is 17.5 Å². The fourth-order valence-corrected chi connectivity index (χ4v) is 1.34. The van der Waals surface area contributed by atoms with Crippen LogP contribution in [0.2, 0.25) is 0 Å². The number of benzene rings is 1. The third kappa shape index (κ3) is 3.15. The lowest BCUT2D eigenvalue weighted by molar-refractivity contribution is -0.124. The summed E-state index contributed by atoms with van der Waals surface area (Å²) >= 11 is 0. The summed E-state index contributed by atoms with van der Waals surface area (Å²) in [5, 5.41) is 28.2. The lowest BCUT2D eigenvalue weighted by Gasteiger charge is -2.13. The van der Waals surface area contributed by atoms with E-state index in [0.29, 0.717) is 17.1 Å². The van der Waals surface area contributed by atoms with E-state index < -0.39 is 6.04 Å². The Hall–Kier alpha value is -3.26. The second-order valence-electron chi connectivity index (χ2n) is 3.66. The summed E-state index contributed by atoms with van der Waals surface area (Å²) < 4.78 is 5.15. The predicted octanol–water partition coefficient (Wildman–Crippen LogP) is 0.994. The molecule has 1 aliphatic heterocycles. The third-order valence-electron chi connectivity index (χ3n) is 2.27. The molecule has 0 aliphatic carbocycles. The molecule has 1 aliphatic rings. The Labute approximate surface area is 114 Å². The highest BCUT2D eigenvalue weighted by Crippen LogP contribution is 2.15. The lowest BCUT2D eigenvalue weighted by Crippen LogP contribution is -2.32. The van der Waals surface area contributed by atoms with E-state index in [2.05, 4.69) is 20.8 Å². The SMILES string of the molecule is N#CC(C#N)N=Nc1ccc(C2=NNC(=O)CO2)cc1. The minimum Gasteiger partial charge on any atom is -0.466 e. The zero-order chi connectivity index (χ0) is 14.4. The number of nitrogens with one attached hydrogen (secondary N) is 1. The van der Waals surface area contributed by atoms with Crippen molar-refractivity contribution in [2.24, 2.45) is 15.3 Å². The molecule has 98 valence electrons. The number of nitriles is 2. The normalized spacial score (nSPS) is 14.2. The van der Waals surface area contributed by atoms with Crippen LogP contribution in [0.4, 0.5) is 5.69 Å². The molecule has 0 bridgehead atoms. The van der Waals surface area contributed by atoms with Gasteiger partial charge in [0.2, 0.25) is 11.9 Å². The maximum atomic E-state index is 10.9. The molecule has 1 heterocycles. The maximum Gasteiger partial charge on any atom is 0.278 e. The van der Waals surface area contributed by atoms with Crippen LogP contribution in [0.3, 0.4) is 0 Å². The van der Waals surface area contributed by atoms with E-state index in [0.717, 1.165) is 0 Å². The topological polar surface area (TPSA) is 123 Å². The van der Waals surface area contributed by atoms with Crippen LogP contribution in [0.15, 0.2) is 39.6 Å². The molecule has 0 radical (unpaired) electrons. The largest absolute Gasteiger partial charge is 0.466 e. The van der Waals surface area contributed by atoms with Crippen molar-refractivity contribution in [1.82, 2.24) is 5.43 Å². The van der Waals surface area contributed by atoms with Gasteiger partial charge in [0, 0.05) is 5.56 Å². The van der Waals surface area contributed by atoms with Gasteiger partial charge in [0.05, 0.1) is 5.69 Å². The highest BCUT2D eigenvalue weighted by molar-refractivity contribution is 5.98.